The van der Waals surface area contributed by atoms with Crippen LogP contribution in [0.3, 0.4) is 0 Å². The number of carbonyl (C=O) groups excluding carboxylic acids is 1. The summed E-state index contributed by atoms with van der Waals surface area (Å²) in [6, 6.07) is 10.8. The number of oxime groups is 1. The van der Waals surface area contributed by atoms with Gasteiger partial charge in [0.15, 0.2) is 0 Å². The van der Waals surface area contributed by atoms with Crippen LogP contribution >= 0.6 is 0 Å². The Kier molecular flexibility index (Phi) is 8.85. The van der Waals surface area contributed by atoms with E-state index in [1.165, 1.54) is 0 Å². The molecule has 8 nitrogen and oxygen atoms in total. The molecule has 0 saturated carbocycles. The predicted molar refractivity (Wildman–Crippen MR) is 146 cm³/mol. The molecule has 2 aliphatic rings. The molecule has 10 heteroatoms. The maximum atomic E-state index is 13.9. The summed E-state index contributed by atoms with van der Waals surface area (Å²) in [5.74, 6) is -1.88. The number of fused-ring (bicyclic) bond motifs is 1. The Bertz CT molecular complexity index is 1290. The van der Waals surface area contributed by atoms with Gasteiger partial charge in [-0.05, 0) is 37.1 Å². The number of H-pyrrole nitrogens is 1. The van der Waals surface area contributed by atoms with Gasteiger partial charge in [-0.1, -0.05) is 23.4 Å². The average Bonchev–Trinajstić information content (AvgIpc) is 3.34. The monoisotopic (exact) mass is 539 g/mol. The van der Waals surface area contributed by atoms with E-state index in [2.05, 4.69) is 26.0 Å². The molecule has 0 spiro atoms. The minimum absolute atomic E-state index is 0.0243. The summed E-state index contributed by atoms with van der Waals surface area (Å²) in [5, 5.41) is 5.42. The third-order valence-corrected chi connectivity index (χ3v) is 7.34. The molecular formula is C29H35F2N5O3. The maximum Gasteiger partial charge on any atom is 0.254 e. The van der Waals surface area contributed by atoms with Gasteiger partial charge in [0.05, 0.1) is 18.9 Å². The van der Waals surface area contributed by atoms with Crippen molar-refractivity contribution in [1.82, 2.24) is 19.7 Å². The number of ether oxygens (including phenoxy) is 1. The first-order chi connectivity index (χ1) is 19.0. The fraction of sp³-hybridized carbons (Fsp3) is 0.448. The molecule has 39 heavy (non-hydrogen) atoms. The van der Waals surface area contributed by atoms with Gasteiger partial charge < -0.3 is 19.5 Å². The molecule has 3 heterocycles. The lowest BCUT2D eigenvalue weighted by molar-refractivity contribution is 0.0209. The minimum Gasteiger partial charge on any atom is -0.394 e. The third kappa shape index (κ3) is 7.00. The van der Waals surface area contributed by atoms with Crippen LogP contribution in [0.15, 0.2) is 53.8 Å². The zero-order valence-electron chi connectivity index (χ0n) is 22.2. The highest BCUT2D eigenvalue weighted by Crippen LogP contribution is 2.24. The van der Waals surface area contributed by atoms with Gasteiger partial charge in [0.25, 0.3) is 5.91 Å². The lowest BCUT2D eigenvalue weighted by atomic mass is 10.00. The lowest BCUT2D eigenvalue weighted by Gasteiger charge is -2.41. The minimum atomic E-state index is -0.759. The summed E-state index contributed by atoms with van der Waals surface area (Å²) >= 11 is 0. The normalized spacial score (nSPS) is 19.5. The zero-order chi connectivity index (χ0) is 27.2. The van der Waals surface area contributed by atoms with Crippen LogP contribution in [0.4, 0.5) is 8.78 Å². The predicted octanol–water partition coefficient (Wildman–Crippen LogP) is 3.54. The Hall–Kier alpha value is -3.34. The number of halogens is 2. The van der Waals surface area contributed by atoms with E-state index < -0.39 is 11.6 Å². The van der Waals surface area contributed by atoms with Crippen molar-refractivity contribution < 1.29 is 23.1 Å². The number of hydrogen-bond donors (Lipinski definition) is 1. The number of carbonyl (C=O) groups is 1. The van der Waals surface area contributed by atoms with E-state index in [-0.39, 0.29) is 17.5 Å². The molecule has 5 rings (SSSR count). The highest BCUT2D eigenvalue weighted by atomic mass is 19.1. The molecular weight excluding hydrogens is 504 g/mol. The SMILES string of the molecule is C/C(CN1CCN(C(=O)c2cc(F)cc(F)c2)[C@H](Cc2c[nH]c3ccccc23)C1)=N\OCCN1CCOCC1. The second kappa shape index (κ2) is 12.7. The van der Waals surface area contributed by atoms with Crippen LogP contribution in [0.25, 0.3) is 10.9 Å². The summed E-state index contributed by atoms with van der Waals surface area (Å²) in [6.45, 7) is 8.88. The van der Waals surface area contributed by atoms with Crippen molar-refractivity contribution in [2.75, 3.05) is 65.6 Å². The molecule has 1 amide bonds. The summed E-state index contributed by atoms with van der Waals surface area (Å²) in [7, 11) is 0. The van der Waals surface area contributed by atoms with Gasteiger partial charge in [-0.2, -0.15) is 0 Å². The van der Waals surface area contributed by atoms with Gasteiger partial charge in [-0.25, -0.2) is 8.78 Å². The number of hydrogen-bond acceptors (Lipinski definition) is 6. The Morgan fingerprint density at radius 2 is 1.85 bits per heavy atom. The van der Waals surface area contributed by atoms with E-state index in [9.17, 15) is 13.6 Å². The fourth-order valence-electron chi connectivity index (χ4n) is 5.41. The van der Waals surface area contributed by atoms with Crippen molar-refractivity contribution in [1.29, 1.82) is 0 Å². The molecule has 0 radical (unpaired) electrons. The van der Waals surface area contributed by atoms with Crippen molar-refractivity contribution >= 4 is 22.5 Å². The highest BCUT2D eigenvalue weighted by Gasteiger charge is 2.32. The molecule has 2 saturated heterocycles. The number of para-hydroxylation sites is 1. The van der Waals surface area contributed by atoms with Gasteiger partial charge in [-0.3, -0.25) is 14.6 Å². The fourth-order valence-corrected chi connectivity index (χ4v) is 5.41. The van der Waals surface area contributed by atoms with E-state index in [1.54, 1.807) is 4.90 Å². The van der Waals surface area contributed by atoms with Crippen molar-refractivity contribution in [2.45, 2.75) is 19.4 Å². The molecule has 1 atom stereocenters. The largest absolute Gasteiger partial charge is 0.394 e. The highest BCUT2D eigenvalue weighted by molar-refractivity contribution is 5.94. The van der Waals surface area contributed by atoms with Crippen LogP contribution in [0.1, 0.15) is 22.8 Å². The molecule has 0 bridgehead atoms. The van der Waals surface area contributed by atoms with Crippen LogP contribution in [0.2, 0.25) is 0 Å². The van der Waals surface area contributed by atoms with Crippen LogP contribution < -0.4 is 0 Å². The average molecular weight is 540 g/mol. The first kappa shape index (κ1) is 27.2. The van der Waals surface area contributed by atoms with Gasteiger partial charge >= 0.3 is 0 Å². The number of aromatic amines is 1. The van der Waals surface area contributed by atoms with Crippen LogP contribution in [0.5, 0.6) is 0 Å². The number of nitrogens with zero attached hydrogens (tertiary/aromatic N) is 4. The van der Waals surface area contributed by atoms with Crippen molar-refractivity contribution in [3.63, 3.8) is 0 Å². The van der Waals surface area contributed by atoms with Crippen molar-refractivity contribution in [3.8, 4) is 0 Å². The van der Waals surface area contributed by atoms with Crippen molar-refractivity contribution in [3.05, 3.63) is 71.4 Å². The number of nitrogens with one attached hydrogen (secondary N) is 1. The van der Waals surface area contributed by atoms with E-state index in [0.29, 0.717) is 39.2 Å². The first-order valence-corrected chi connectivity index (χ1v) is 13.5. The van der Waals surface area contributed by atoms with Gasteiger partial charge in [-0.15, -0.1) is 0 Å². The second-order valence-electron chi connectivity index (χ2n) is 10.2. The lowest BCUT2D eigenvalue weighted by Crippen LogP contribution is -2.56. The van der Waals surface area contributed by atoms with Crippen LogP contribution in [-0.4, -0.2) is 103 Å². The molecule has 0 aliphatic carbocycles. The topological polar surface area (TPSA) is 73.4 Å². The molecule has 0 unspecified atom stereocenters. The van der Waals surface area contributed by atoms with Gasteiger partial charge in [0, 0.05) is 80.6 Å². The summed E-state index contributed by atoms with van der Waals surface area (Å²) in [4.78, 5) is 28.6. The molecule has 1 N–H and O–H groups in total. The standard InChI is InChI=1S/C29H35F2N5O3/c1-21(33-39-13-10-34-8-11-38-12-9-34)19-35-6-7-36(29(37)22-14-24(30)17-25(31)15-22)26(20-35)16-23-18-32-28-5-3-2-4-27(23)28/h2-5,14-15,17-18,26,32H,6-13,16,19-20H2,1H3/b33-21+/t26-/m1/s1. The second-order valence-corrected chi connectivity index (χ2v) is 10.2. The van der Waals surface area contributed by atoms with Gasteiger partial charge in [0.1, 0.15) is 18.2 Å². The Morgan fingerprint density at radius 3 is 2.64 bits per heavy atom. The van der Waals surface area contributed by atoms with E-state index in [0.717, 1.165) is 73.2 Å². The number of rotatable bonds is 9. The summed E-state index contributed by atoms with van der Waals surface area (Å²) in [5.41, 5.74) is 3.01. The Balaban J connectivity index is 1.26. The number of amides is 1. The van der Waals surface area contributed by atoms with Gasteiger partial charge in [0.2, 0.25) is 0 Å². The third-order valence-electron chi connectivity index (χ3n) is 7.34. The summed E-state index contributed by atoms with van der Waals surface area (Å²) in [6.07, 6.45) is 2.58. The first-order valence-electron chi connectivity index (χ1n) is 13.5. The van der Waals surface area contributed by atoms with E-state index in [4.69, 9.17) is 9.57 Å². The molecule has 2 aliphatic heterocycles. The quantitative estimate of drug-likeness (QED) is 0.256. The number of morpholine rings is 1. The molecule has 208 valence electrons. The molecule has 2 fully saturated rings. The van der Waals surface area contributed by atoms with E-state index in [1.807, 2.05) is 31.3 Å². The molecule has 3 aromatic rings. The molecule has 2 aromatic carbocycles. The summed E-state index contributed by atoms with van der Waals surface area (Å²) < 4.78 is 33.2. The molecule has 1 aromatic heterocycles. The Labute approximate surface area is 227 Å². The number of benzene rings is 2. The number of piperazine rings is 1. The number of aromatic nitrogens is 1. The van der Waals surface area contributed by atoms with E-state index >= 15 is 0 Å². The van der Waals surface area contributed by atoms with Crippen molar-refractivity contribution in [2.24, 2.45) is 5.16 Å². The van der Waals surface area contributed by atoms with Crippen LogP contribution in [-0.2, 0) is 16.0 Å². The zero-order valence-corrected chi connectivity index (χ0v) is 22.2. The van der Waals surface area contributed by atoms with Crippen LogP contribution in [0, 0.1) is 11.6 Å². The smallest absolute Gasteiger partial charge is 0.254 e. The maximum absolute atomic E-state index is 13.9. The Morgan fingerprint density at radius 1 is 1.08 bits per heavy atom.